The summed E-state index contributed by atoms with van der Waals surface area (Å²) in [5.74, 6) is -0.758. The maximum atomic E-state index is 12.8. The summed E-state index contributed by atoms with van der Waals surface area (Å²) in [7, 11) is 0. The Bertz CT molecular complexity index is 1100. The van der Waals surface area contributed by atoms with Crippen molar-refractivity contribution in [2.24, 2.45) is 0 Å². The summed E-state index contributed by atoms with van der Waals surface area (Å²) in [5, 5.41) is 5.22. The molecule has 0 spiro atoms. The largest absolute Gasteiger partial charge is 0.324 e. The van der Waals surface area contributed by atoms with Gasteiger partial charge in [0.2, 0.25) is 11.8 Å². The van der Waals surface area contributed by atoms with Crippen LogP contribution in [0.3, 0.4) is 0 Å². The van der Waals surface area contributed by atoms with Crippen molar-refractivity contribution in [3.05, 3.63) is 59.4 Å². The van der Waals surface area contributed by atoms with Crippen LogP contribution in [-0.2, 0) is 16.1 Å². The fourth-order valence-corrected chi connectivity index (χ4v) is 4.66. The molecule has 0 aliphatic carbocycles. The van der Waals surface area contributed by atoms with Gasteiger partial charge in [-0.2, -0.15) is 0 Å². The van der Waals surface area contributed by atoms with Crippen LogP contribution in [0.5, 0.6) is 0 Å². The minimum absolute atomic E-state index is 0.185. The summed E-state index contributed by atoms with van der Waals surface area (Å²) in [6.07, 6.45) is 3.17. The van der Waals surface area contributed by atoms with Gasteiger partial charge in [0.05, 0.1) is 0 Å². The number of anilines is 1. The van der Waals surface area contributed by atoms with Gasteiger partial charge in [-0.3, -0.25) is 24.7 Å². The average Bonchev–Trinajstić information content (AvgIpc) is 3.40. The van der Waals surface area contributed by atoms with Crippen LogP contribution in [0.4, 0.5) is 10.5 Å². The van der Waals surface area contributed by atoms with Crippen molar-refractivity contribution >= 4 is 29.4 Å². The molecule has 1 aromatic heterocycles. The highest BCUT2D eigenvalue weighted by Gasteiger charge is 2.39. The second-order valence-corrected chi connectivity index (χ2v) is 8.39. The number of carbonyl (C=O) groups is 4. The van der Waals surface area contributed by atoms with Crippen LogP contribution in [-0.4, -0.2) is 57.7 Å². The van der Waals surface area contributed by atoms with Crippen LogP contribution in [0.15, 0.2) is 42.6 Å². The van der Waals surface area contributed by atoms with Gasteiger partial charge in [0.25, 0.3) is 5.91 Å². The van der Waals surface area contributed by atoms with E-state index in [0.717, 1.165) is 17.7 Å². The molecule has 3 aliphatic heterocycles. The number of piperidine rings is 1. The number of rotatable bonds is 3. The fraction of sp³-hybridized carbons (Fsp3) is 0.348. The summed E-state index contributed by atoms with van der Waals surface area (Å²) in [4.78, 5) is 56.8. The maximum Gasteiger partial charge on any atom is 0.321 e. The molecule has 2 fully saturated rings. The Hall–Kier alpha value is -3.75. The molecule has 9 nitrogen and oxygen atoms in total. The smallest absolute Gasteiger partial charge is 0.321 e. The molecule has 2 aromatic rings. The Morgan fingerprint density at radius 1 is 1.12 bits per heavy atom. The zero-order valence-corrected chi connectivity index (χ0v) is 17.4. The Kier molecular flexibility index (Phi) is 5.08. The predicted octanol–water partition coefficient (Wildman–Crippen LogP) is 1.86. The first-order chi connectivity index (χ1) is 15.5. The van der Waals surface area contributed by atoms with Gasteiger partial charge in [-0.1, -0.05) is 6.07 Å². The molecule has 2 saturated heterocycles. The van der Waals surface area contributed by atoms with Gasteiger partial charge in [0.1, 0.15) is 6.04 Å². The number of amides is 5. The highest BCUT2D eigenvalue weighted by Crippen LogP contribution is 2.30. The van der Waals surface area contributed by atoms with E-state index in [1.165, 1.54) is 4.90 Å². The maximum absolute atomic E-state index is 12.8. The van der Waals surface area contributed by atoms with Crippen LogP contribution in [0.25, 0.3) is 0 Å². The SMILES string of the molecule is O=C1CCC(N2Cc3cc(NC(=O)N4CCC(c5ccccn5)C4)ccc3C2=O)C(=O)N1. The molecular formula is C23H23N5O4. The van der Waals surface area contributed by atoms with Crippen LogP contribution in [0.1, 0.15) is 46.8 Å². The molecule has 0 radical (unpaired) electrons. The van der Waals surface area contributed by atoms with Crippen molar-refractivity contribution in [1.82, 2.24) is 20.1 Å². The number of aromatic nitrogens is 1. The molecule has 9 heteroatoms. The van der Waals surface area contributed by atoms with Gasteiger partial charge in [-0.05, 0) is 48.7 Å². The number of nitrogens with zero attached hydrogens (tertiary/aromatic N) is 3. The third kappa shape index (κ3) is 3.70. The van der Waals surface area contributed by atoms with E-state index in [0.29, 0.717) is 30.8 Å². The summed E-state index contributed by atoms with van der Waals surface area (Å²) < 4.78 is 0. The number of fused-ring (bicyclic) bond motifs is 1. The Balaban J connectivity index is 1.24. The minimum atomic E-state index is -0.654. The summed E-state index contributed by atoms with van der Waals surface area (Å²) in [5.41, 5.74) is 2.87. The Morgan fingerprint density at radius 3 is 2.78 bits per heavy atom. The summed E-state index contributed by atoms with van der Waals surface area (Å²) in [6, 6.07) is 10.1. The molecular weight excluding hydrogens is 410 g/mol. The third-order valence-electron chi connectivity index (χ3n) is 6.36. The van der Waals surface area contributed by atoms with E-state index in [4.69, 9.17) is 0 Å². The molecule has 5 rings (SSSR count). The molecule has 1 aromatic carbocycles. The fourth-order valence-electron chi connectivity index (χ4n) is 4.66. The van der Waals surface area contributed by atoms with Crippen molar-refractivity contribution in [2.75, 3.05) is 18.4 Å². The second kappa shape index (κ2) is 8.07. The molecule has 5 amide bonds. The molecule has 0 bridgehead atoms. The number of nitrogens with one attached hydrogen (secondary N) is 2. The molecule has 4 heterocycles. The Labute approximate surface area is 184 Å². The number of urea groups is 1. The first-order valence-electron chi connectivity index (χ1n) is 10.7. The lowest BCUT2D eigenvalue weighted by Gasteiger charge is -2.29. The molecule has 2 unspecified atom stereocenters. The molecule has 32 heavy (non-hydrogen) atoms. The zero-order chi connectivity index (χ0) is 22.2. The average molecular weight is 433 g/mol. The van der Waals surface area contributed by atoms with Crippen LogP contribution in [0, 0.1) is 0 Å². The normalized spacial score (nSPS) is 22.7. The van der Waals surface area contributed by atoms with Crippen molar-refractivity contribution in [2.45, 2.75) is 37.8 Å². The number of imide groups is 1. The van der Waals surface area contributed by atoms with Gasteiger partial charge in [-0.25, -0.2) is 4.79 Å². The first kappa shape index (κ1) is 20.2. The van der Waals surface area contributed by atoms with Gasteiger partial charge in [0, 0.05) is 55.1 Å². The van der Waals surface area contributed by atoms with Crippen molar-refractivity contribution in [3.63, 3.8) is 0 Å². The lowest BCUT2D eigenvalue weighted by Crippen LogP contribution is -2.52. The zero-order valence-electron chi connectivity index (χ0n) is 17.4. The highest BCUT2D eigenvalue weighted by molar-refractivity contribution is 6.05. The predicted molar refractivity (Wildman–Crippen MR) is 115 cm³/mol. The first-order valence-corrected chi connectivity index (χ1v) is 10.7. The van der Waals surface area contributed by atoms with Gasteiger partial charge >= 0.3 is 6.03 Å². The second-order valence-electron chi connectivity index (χ2n) is 8.39. The third-order valence-corrected chi connectivity index (χ3v) is 6.36. The van der Waals surface area contributed by atoms with E-state index in [9.17, 15) is 19.2 Å². The van der Waals surface area contributed by atoms with Crippen LogP contribution >= 0.6 is 0 Å². The summed E-state index contributed by atoms with van der Waals surface area (Å²) >= 11 is 0. The lowest BCUT2D eigenvalue weighted by atomic mass is 10.0. The van der Waals surface area contributed by atoms with E-state index in [1.54, 1.807) is 29.3 Å². The number of benzene rings is 1. The quantitative estimate of drug-likeness (QED) is 0.718. The van der Waals surface area contributed by atoms with Crippen LogP contribution < -0.4 is 10.6 Å². The van der Waals surface area contributed by atoms with Crippen molar-refractivity contribution < 1.29 is 19.2 Å². The van der Waals surface area contributed by atoms with Gasteiger partial charge < -0.3 is 15.1 Å². The lowest BCUT2D eigenvalue weighted by molar-refractivity contribution is -0.136. The molecule has 3 aliphatic rings. The number of carbonyl (C=O) groups excluding carboxylic acids is 4. The van der Waals surface area contributed by atoms with E-state index < -0.39 is 11.9 Å². The van der Waals surface area contributed by atoms with Crippen LogP contribution in [0.2, 0.25) is 0 Å². The number of hydrogen-bond donors (Lipinski definition) is 2. The standard InChI is InChI=1S/C23H23N5O4/c29-20-7-6-19(21(30)26-20)28-13-15-11-16(4-5-17(15)22(28)31)25-23(32)27-10-8-14(12-27)18-3-1-2-9-24-18/h1-5,9,11,14,19H,6-8,10,12-13H2,(H,25,32)(H,26,29,30). The number of likely N-dealkylation sites (tertiary alicyclic amines) is 1. The van der Waals surface area contributed by atoms with Gasteiger partial charge in [-0.15, -0.1) is 0 Å². The number of hydrogen-bond acceptors (Lipinski definition) is 5. The van der Waals surface area contributed by atoms with E-state index in [2.05, 4.69) is 15.6 Å². The highest BCUT2D eigenvalue weighted by atomic mass is 16.2. The van der Waals surface area contributed by atoms with Gasteiger partial charge in [0.15, 0.2) is 0 Å². The van der Waals surface area contributed by atoms with Crippen molar-refractivity contribution in [1.29, 1.82) is 0 Å². The van der Waals surface area contributed by atoms with E-state index >= 15 is 0 Å². The van der Waals surface area contributed by atoms with E-state index in [-0.39, 0.29) is 36.7 Å². The van der Waals surface area contributed by atoms with Crippen molar-refractivity contribution in [3.8, 4) is 0 Å². The molecule has 2 N–H and O–H groups in total. The van der Waals surface area contributed by atoms with E-state index in [1.807, 2.05) is 18.2 Å². The summed E-state index contributed by atoms with van der Waals surface area (Å²) in [6.45, 7) is 1.53. The molecule has 0 saturated carbocycles. The Morgan fingerprint density at radius 2 is 2.00 bits per heavy atom. The molecule has 164 valence electrons. The molecule has 2 atom stereocenters. The minimum Gasteiger partial charge on any atom is -0.324 e. The topological polar surface area (TPSA) is 112 Å². The monoisotopic (exact) mass is 433 g/mol. The number of pyridine rings is 1.